The summed E-state index contributed by atoms with van der Waals surface area (Å²) in [5.41, 5.74) is 2.51. The second kappa shape index (κ2) is 9.72. The molecule has 0 aliphatic carbocycles. The molecular weight excluding hydrogens is 324 g/mol. The Bertz CT molecular complexity index is 654. The molecule has 0 spiro atoms. The van der Waals surface area contributed by atoms with Crippen LogP contribution in [-0.4, -0.2) is 66.9 Å². The highest BCUT2D eigenvalue weighted by atomic mass is 16.5. The average molecular weight is 354 g/mol. The van der Waals surface area contributed by atoms with Crippen molar-refractivity contribution in [2.45, 2.75) is 19.4 Å². The highest BCUT2D eigenvalue weighted by Gasteiger charge is 2.19. The Morgan fingerprint density at radius 2 is 1.58 bits per heavy atom. The number of rotatable bonds is 8. The number of aliphatic hydroxyl groups is 1. The number of aryl methyl sites for hydroxylation is 1. The van der Waals surface area contributed by atoms with Crippen LogP contribution in [0.3, 0.4) is 0 Å². The molecule has 3 rings (SSSR count). The van der Waals surface area contributed by atoms with Gasteiger partial charge in [0.2, 0.25) is 0 Å². The molecule has 4 nitrogen and oxygen atoms in total. The van der Waals surface area contributed by atoms with E-state index >= 15 is 0 Å². The Hall–Kier alpha value is -1.88. The van der Waals surface area contributed by atoms with Crippen LogP contribution in [0.4, 0.5) is 0 Å². The Kier molecular flexibility index (Phi) is 7.06. The molecule has 2 aromatic rings. The topological polar surface area (TPSA) is 35.9 Å². The lowest BCUT2D eigenvalue weighted by Gasteiger charge is -2.35. The van der Waals surface area contributed by atoms with Gasteiger partial charge in [0.1, 0.15) is 18.5 Å². The third kappa shape index (κ3) is 5.84. The molecule has 1 heterocycles. The molecule has 140 valence electrons. The fourth-order valence-electron chi connectivity index (χ4n) is 3.38. The summed E-state index contributed by atoms with van der Waals surface area (Å²) in [4.78, 5) is 4.85. The Morgan fingerprint density at radius 1 is 0.923 bits per heavy atom. The van der Waals surface area contributed by atoms with Gasteiger partial charge in [-0.05, 0) is 30.5 Å². The van der Waals surface area contributed by atoms with Gasteiger partial charge >= 0.3 is 0 Å². The van der Waals surface area contributed by atoms with E-state index in [0.29, 0.717) is 13.2 Å². The fraction of sp³-hybridized carbons (Fsp3) is 0.455. The van der Waals surface area contributed by atoms with Gasteiger partial charge in [0.05, 0.1) is 0 Å². The van der Waals surface area contributed by atoms with Crippen molar-refractivity contribution in [3.63, 3.8) is 0 Å². The first-order valence-corrected chi connectivity index (χ1v) is 9.56. The summed E-state index contributed by atoms with van der Waals surface area (Å²) in [7, 11) is 0. The van der Waals surface area contributed by atoms with Crippen molar-refractivity contribution >= 4 is 0 Å². The van der Waals surface area contributed by atoms with Crippen molar-refractivity contribution in [3.8, 4) is 5.75 Å². The molecule has 1 aliphatic rings. The van der Waals surface area contributed by atoms with Gasteiger partial charge < -0.3 is 14.7 Å². The lowest BCUT2D eigenvalue weighted by Crippen LogP contribution is -2.49. The molecule has 0 saturated carbocycles. The average Bonchev–Trinajstić information content (AvgIpc) is 2.68. The minimum atomic E-state index is -0.453. The number of para-hydroxylation sites is 1. The number of nitrogens with zero attached hydrogens (tertiary/aromatic N) is 2. The Balaban J connectivity index is 1.34. The monoisotopic (exact) mass is 354 g/mol. The lowest BCUT2D eigenvalue weighted by molar-refractivity contribution is 0.0461. The smallest absolute Gasteiger partial charge is 0.122 e. The third-order valence-corrected chi connectivity index (χ3v) is 5.02. The molecule has 2 aromatic carbocycles. The molecule has 0 amide bonds. The minimum Gasteiger partial charge on any atom is -0.491 e. The molecule has 0 bridgehead atoms. The molecule has 1 aliphatic heterocycles. The maximum atomic E-state index is 10.3. The molecule has 1 N–H and O–H groups in total. The maximum absolute atomic E-state index is 10.3. The van der Waals surface area contributed by atoms with Crippen LogP contribution in [0.2, 0.25) is 0 Å². The predicted octanol–water partition coefficient (Wildman–Crippen LogP) is 2.60. The number of aliphatic hydroxyl groups excluding tert-OH is 1. The van der Waals surface area contributed by atoms with Crippen molar-refractivity contribution in [2.75, 3.05) is 45.9 Å². The van der Waals surface area contributed by atoms with Gasteiger partial charge in [-0.2, -0.15) is 0 Å². The summed E-state index contributed by atoms with van der Waals surface area (Å²) in [6, 6.07) is 18.6. The molecule has 0 aromatic heterocycles. The van der Waals surface area contributed by atoms with Crippen LogP contribution in [0.15, 0.2) is 54.6 Å². The second-order valence-electron chi connectivity index (χ2n) is 7.11. The van der Waals surface area contributed by atoms with E-state index in [2.05, 4.69) is 40.1 Å². The van der Waals surface area contributed by atoms with Gasteiger partial charge in [-0.3, -0.25) is 4.90 Å². The van der Waals surface area contributed by atoms with Crippen LogP contribution in [0.1, 0.15) is 11.1 Å². The van der Waals surface area contributed by atoms with Crippen LogP contribution in [0, 0.1) is 6.92 Å². The van der Waals surface area contributed by atoms with E-state index in [4.69, 9.17) is 4.74 Å². The molecule has 1 fully saturated rings. The molecule has 26 heavy (non-hydrogen) atoms. The van der Waals surface area contributed by atoms with E-state index < -0.39 is 6.10 Å². The zero-order valence-electron chi connectivity index (χ0n) is 15.7. The van der Waals surface area contributed by atoms with Gasteiger partial charge in [0, 0.05) is 39.3 Å². The summed E-state index contributed by atoms with van der Waals surface area (Å²) in [5.74, 6) is 0.859. The normalized spacial score (nSPS) is 17.2. The van der Waals surface area contributed by atoms with Gasteiger partial charge in [-0.1, -0.05) is 48.5 Å². The number of benzene rings is 2. The van der Waals surface area contributed by atoms with E-state index in [9.17, 15) is 5.11 Å². The zero-order valence-corrected chi connectivity index (χ0v) is 15.7. The van der Waals surface area contributed by atoms with Crippen LogP contribution in [0.5, 0.6) is 5.75 Å². The quantitative estimate of drug-likeness (QED) is 0.790. The van der Waals surface area contributed by atoms with E-state index in [1.807, 2.05) is 31.2 Å². The number of β-amino-alcohol motifs (C(OH)–C–C–N with tert-alkyl or cyclic N) is 1. The van der Waals surface area contributed by atoms with Crippen molar-refractivity contribution < 1.29 is 9.84 Å². The predicted molar refractivity (Wildman–Crippen MR) is 106 cm³/mol. The van der Waals surface area contributed by atoms with Gasteiger partial charge in [0.25, 0.3) is 0 Å². The summed E-state index contributed by atoms with van der Waals surface area (Å²) in [5, 5.41) is 10.3. The first-order valence-electron chi connectivity index (χ1n) is 9.56. The third-order valence-electron chi connectivity index (χ3n) is 5.02. The van der Waals surface area contributed by atoms with Crippen molar-refractivity contribution in [1.29, 1.82) is 0 Å². The first-order chi connectivity index (χ1) is 12.7. The van der Waals surface area contributed by atoms with Crippen LogP contribution in [0.25, 0.3) is 0 Å². The van der Waals surface area contributed by atoms with Crippen molar-refractivity contribution in [3.05, 3.63) is 65.7 Å². The van der Waals surface area contributed by atoms with E-state index in [1.54, 1.807) is 0 Å². The van der Waals surface area contributed by atoms with Crippen molar-refractivity contribution in [1.82, 2.24) is 9.80 Å². The number of hydrogen-bond acceptors (Lipinski definition) is 4. The number of hydrogen-bond donors (Lipinski definition) is 1. The SMILES string of the molecule is Cc1ccccc1OCC(O)CN1CCN(CCc2ccccc2)CC1. The summed E-state index contributed by atoms with van der Waals surface area (Å²) in [6.45, 7) is 8.31. The molecule has 1 unspecified atom stereocenters. The summed E-state index contributed by atoms with van der Waals surface area (Å²) >= 11 is 0. The minimum absolute atomic E-state index is 0.346. The number of ether oxygens (including phenoxy) is 1. The standard InChI is InChI=1S/C22H30N2O2/c1-19-7-5-6-10-22(19)26-18-21(25)17-24-15-13-23(14-16-24)12-11-20-8-3-2-4-9-20/h2-10,21,25H,11-18H2,1H3. The van der Waals surface area contributed by atoms with E-state index in [0.717, 1.165) is 50.5 Å². The highest BCUT2D eigenvalue weighted by Crippen LogP contribution is 2.16. The Morgan fingerprint density at radius 3 is 2.31 bits per heavy atom. The summed E-state index contributed by atoms with van der Waals surface area (Å²) < 4.78 is 5.76. The number of piperazine rings is 1. The molecule has 1 saturated heterocycles. The maximum Gasteiger partial charge on any atom is 0.122 e. The molecule has 1 atom stereocenters. The van der Waals surface area contributed by atoms with Gasteiger partial charge in [0.15, 0.2) is 0 Å². The summed E-state index contributed by atoms with van der Waals surface area (Å²) in [6.07, 6.45) is 0.652. The van der Waals surface area contributed by atoms with E-state index in [1.165, 1.54) is 5.56 Å². The molecule has 4 heteroatoms. The Labute approximate surface area is 157 Å². The van der Waals surface area contributed by atoms with Crippen LogP contribution < -0.4 is 4.74 Å². The second-order valence-corrected chi connectivity index (χ2v) is 7.11. The van der Waals surface area contributed by atoms with Gasteiger partial charge in [-0.25, -0.2) is 0 Å². The first kappa shape index (κ1) is 18.9. The largest absolute Gasteiger partial charge is 0.491 e. The highest BCUT2D eigenvalue weighted by molar-refractivity contribution is 5.31. The molecule has 0 radical (unpaired) electrons. The lowest BCUT2D eigenvalue weighted by atomic mass is 10.1. The molecular formula is C22H30N2O2. The van der Waals surface area contributed by atoms with Crippen LogP contribution in [-0.2, 0) is 6.42 Å². The van der Waals surface area contributed by atoms with E-state index in [-0.39, 0.29) is 0 Å². The fourth-order valence-corrected chi connectivity index (χ4v) is 3.38. The van der Waals surface area contributed by atoms with Crippen LogP contribution >= 0.6 is 0 Å². The van der Waals surface area contributed by atoms with Crippen molar-refractivity contribution in [2.24, 2.45) is 0 Å². The zero-order chi connectivity index (χ0) is 18.2. The van der Waals surface area contributed by atoms with Gasteiger partial charge in [-0.15, -0.1) is 0 Å².